The molecule has 4 heteroatoms. The van der Waals surface area contributed by atoms with Gasteiger partial charge in [-0.3, -0.25) is 9.36 Å². The lowest BCUT2D eigenvalue weighted by Gasteiger charge is -2.17. The first-order valence-electron chi connectivity index (χ1n) is 7.67. The van der Waals surface area contributed by atoms with Gasteiger partial charge in [-0.25, -0.2) is 0 Å². The van der Waals surface area contributed by atoms with Crippen LogP contribution in [0, 0.1) is 0 Å². The lowest BCUT2D eigenvalue weighted by atomic mass is 10.1. The summed E-state index contributed by atoms with van der Waals surface area (Å²) in [6.07, 6.45) is 2.76. The van der Waals surface area contributed by atoms with Gasteiger partial charge in [-0.1, -0.05) is 18.2 Å². The zero-order valence-corrected chi connectivity index (χ0v) is 13.9. The van der Waals surface area contributed by atoms with E-state index in [0.717, 1.165) is 22.2 Å². The molecule has 0 amide bonds. The molecule has 1 aliphatic heterocycles. The highest BCUT2D eigenvalue weighted by atomic mass is 32.2. The third-order valence-corrected chi connectivity index (χ3v) is 4.97. The Morgan fingerprint density at radius 2 is 2.00 bits per heavy atom. The molecule has 3 nitrogen and oxygen atoms in total. The van der Waals surface area contributed by atoms with E-state index in [2.05, 4.69) is 29.0 Å². The predicted molar refractivity (Wildman–Crippen MR) is 95.1 cm³/mol. The normalized spacial score (nSPS) is 16.3. The van der Waals surface area contributed by atoms with Crippen molar-refractivity contribution in [3.05, 3.63) is 64.3 Å². The molecule has 0 bridgehead atoms. The summed E-state index contributed by atoms with van der Waals surface area (Å²) >= 11 is 1.70. The number of nitrogens with zero attached hydrogens (tertiary/aromatic N) is 1. The van der Waals surface area contributed by atoms with Crippen LogP contribution in [0.5, 0.6) is 5.88 Å². The van der Waals surface area contributed by atoms with Crippen LogP contribution in [-0.4, -0.2) is 16.9 Å². The smallest absolute Gasteiger partial charge is 0.206 e. The van der Waals surface area contributed by atoms with Crippen LogP contribution >= 0.6 is 11.8 Å². The first kappa shape index (κ1) is 14.4. The van der Waals surface area contributed by atoms with Crippen LogP contribution in [0.1, 0.15) is 12.5 Å². The molecule has 116 valence electrons. The Hall–Kier alpha value is -2.20. The number of hydrogen-bond donors (Lipinski definition) is 0. The van der Waals surface area contributed by atoms with E-state index in [1.807, 2.05) is 37.3 Å². The molecular formula is C19H17NO2S. The summed E-state index contributed by atoms with van der Waals surface area (Å²) in [4.78, 5) is 14.0. The number of aromatic nitrogens is 1. The number of hydrogen-bond acceptors (Lipinski definition) is 3. The Kier molecular flexibility index (Phi) is 3.42. The summed E-state index contributed by atoms with van der Waals surface area (Å²) in [5.41, 5.74) is 2.80. The van der Waals surface area contributed by atoms with Gasteiger partial charge in [0, 0.05) is 16.7 Å². The Morgan fingerprint density at radius 3 is 2.83 bits per heavy atom. The minimum atomic E-state index is 0.0319. The third kappa shape index (κ3) is 2.25. The van der Waals surface area contributed by atoms with Crippen LogP contribution in [0.3, 0.4) is 0 Å². The molecule has 1 aliphatic rings. The average molecular weight is 323 g/mol. The van der Waals surface area contributed by atoms with Gasteiger partial charge in [0.15, 0.2) is 5.43 Å². The molecule has 4 rings (SSSR count). The molecule has 2 aromatic carbocycles. The molecule has 0 fully saturated rings. The fourth-order valence-corrected chi connectivity index (χ4v) is 3.65. The SMILES string of the molecule is CSc1cccc(-n2c3c(c(=O)c4ccccc42)CC(C)O3)c1. The number of benzene rings is 2. The molecule has 3 aromatic rings. The Bertz CT molecular complexity index is 961. The summed E-state index contributed by atoms with van der Waals surface area (Å²) in [6, 6.07) is 16.1. The largest absolute Gasteiger partial charge is 0.475 e. The van der Waals surface area contributed by atoms with E-state index in [1.165, 1.54) is 4.90 Å². The molecule has 23 heavy (non-hydrogen) atoms. The first-order valence-corrected chi connectivity index (χ1v) is 8.89. The lowest BCUT2D eigenvalue weighted by Crippen LogP contribution is -2.13. The topological polar surface area (TPSA) is 31.2 Å². The van der Waals surface area contributed by atoms with Crippen molar-refractivity contribution in [2.45, 2.75) is 24.3 Å². The van der Waals surface area contributed by atoms with Gasteiger partial charge in [0.05, 0.1) is 16.8 Å². The fourth-order valence-electron chi connectivity index (χ4n) is 3.19. The maximum atomic E-state index is 12.8. The highest BCUT2D eigenvalue weighted by Crippen LogP contribution is 2.33. The summed E-state index contributed by atoms with van der Waals surface area (Å²) < 4.78 is 8.09. The molecule has 0 N–H and O–H groups in total. The standard InChI is InChI=1S/C19H17NO2S/c1-12-10-16-18(21)15-8-3-4-9-17(15)20(19(16)22-12)13-6-5-7-14(11-13)23-2/h3-9,11-12H,10H2,1-2H3. The average Bonchev–Trinajstić information content (AvgIpc) is 2.97. The number of pyridine rings is 1. The number of ether oxygens (including phenoxy) is 1. The minimum Gasteiger partial charge on any atom is -0.475 e. The maximum absolute atomic E-state index is 12.8. The zero-order valence-electron chi connectivity index (χ0n) is 13.1. The second-order valence-electron chi connectivity index (χ2n) is 5.80. The van der Waals surface area contributed by atoms with E-state index >= 15 is 0 Å². The zero-order chi connectivity index (χ0) is 16.0. The van der Waals surface area contributed by atoms with Gasteiger partial charge in [0.1, 0.15) is 6.10 Å². The van der Waals surface area contributed by atoms with Crippen LogP contribution in [0.25, 0.3) is 16.6 Å². The summed E-state index contributed by atoms with van der Waals surface area (Å²) in [6.45, 7) is 2.01. The van der Waals surface area contributed by atoms with E-state index in [9.17, 15) is 4.79 Å². The van der Waals surface area contributed by atoms with Gasteiger partial charge < -0.3 is 4.74 Å². The molecule has 2 heterocycles. The van der Waals surface area contributed by atoms with Crippen molar-refractivity contribution >= 4 is 22.7 Å². The van der Waals surface area contributed by atoms with Crippen molar-refractivity contribution in [2.24, 2.45) is 0 Å². The first-order chi connectivity index (χ1) is 11.2. The van der Waals surface area contributed by atoms with Crippen LogP contribution in [0.4, 0.5) is 0 Å². The Balaban J connectivity index is 2.11. The van der Waals surface area contributed by atoms with E-state index in [4.69, 9.17) is 4.74 Å². The molecular weight excluding hydrogens is 306 g/mol. The quantitative estimate of drug-likeness (QED) is 0.667. The molecule has 0 saturated carbocycles. The second kappa shape index (κ2) is 5.46. The number of thioether (sulfide) groups is 1. The number of para-hydroxylation sites is 1. The van der Waals surface area contributed by atoms with Gasteiger partial charge in [-0.05, 0) is 43.5 Å². The van der Waals surface area contributed by atoms with Crippen molar-refractivity contribution in [1.29, 1.82) is 0 Å². The monoisotopic (exact) mass is 323 g/mol. The number of rotatable bonds is 2. The molecule has 0 saturated heterocycles. The van der Waals surface area contributed by atoms with Crippen LogP contribution in [-0.2, 0) is 6.42 Å². The van der Waals surface area contributed by atoms with E-state index in [0.29, 0.717) is 12.3 Å². The van der Waals surface area contributed by atoms with Gasteiger partial charge in [-0.15, -0.1) is 11.8 Å². The predicted octanol–water partition coefficient (Wildman–Crippen LogP) is 4.04. The summed E-state index contributed by atoms with van der Waals surface area (Å²) in [5.74, 6) is 0.694. The maximum Gasteiger partial charge on any atom is 0.206 e. The van der Waals surface area contributed by atoms with E-state index in [1.54, 1.807) is 11.8 Å². The lowest BCUT2D eigenvalue weighted by molar-refractivity contribution is 0.242. The minimum absolute atomic E-state index is 0.0319. The Labute approximate surface area is 138 Å². The summed E-state index contributed by atoms with van der Waals surface area (Å²) in [5, 5.41) is 0.749. The van der Waals surface area contributed by atoms with Crippen molar-refractivity contribution in [3.8, 4) is 11.6 Å². The van der Waals surface area contributed by atoms with E-state index < -0.39 is 0 Å². The van der Waals surface area contributed by atoms with Crippen molar-refractivity contribution in [2.75, 3.05) is 6.26 Å². The molecule has 0 aliphatic carbocycles. The van der Waals surface area contributed by atoms with Gasteiger partial charge in [-0.2, -0.15) is 0 Å². The Morgan fingerprint density at radius 1 is 1.17 bits per heavy atom. The van der Waals surface area contributed by atoms with Gasteiger partial charge in [0.2, 0.25) is 5.88 Å². The van der Waals surface area contributed by atoms with Crippen LogP contribution in [0.2, 0.25) is 0 Å². The van der Waals surface area contributed by atoms with Crippen molar-refractivity contribution in [1.82, 2.24) is 4.57 Å². The highest BCUT2D eigenvalue weighted by Gasteiger charge is 2.27. The number of fused-ring (bicyclic) bond motifs is 2. The van der Waals surface area contributed by atoms with Crippen molar-refractivity contribution < 1.29 is 4.74 Å². The van der Waals surface area contributed by atoms with Crippen LogP contribution in [0.15, 0.2) is 58.2 Å². The highest BCUT2D eigenvalue weighted by molar-refractivity contribution is 7.98. The van der Waals surface area contributed by atoms with Gasteiger partial charge in [0.25, 0.3) is 0 Å². The molecule has 1 atom stereocenters. The fraction of sp³-hybridized carbons (Fsp3) is 0.211. The molecule has 0 radical (unpaired) electrons. The van der Waals surface area contributed by atoms with E-state index in [-0.39, 0.29) is 11.5 Å². The molecule has 1 aromatic heterocycles. The summed E-state index contributed by atoms with van der Waals surface area (Å²) in [7, 11) is 0. The molecule has 1 unspecified atom stereocenters. The second-order valence-corrected chi connectivity index (χ2v) is 6.68. The third-order valence-electron chi connectivity index (χ3n) is 4.24. The van der Waals surface area contributed by atoms with Gasteiger partial charge >= 0.3 is 0 Å². The molecule has 0 spiro atoms. The van der Waals surface area contributed by atoms with Crippen LogP contribution < -0.4 is 10.2 Å². The van der Waals surface area contributed by atoms with Crippen molar-refractivity contribution in [3.63, 3.8) is 0 Å².